The summed E-state index contributed by atoms with van der Waals surface area (Å²) in [4.78, 5) is 37.2. The van der Waals surface area contributed by atoms with Gasteiger partial charge in [0.15, 0.2) is 0 Å². The van der Waals surface area contributed by atoms with Crippen LogP contribution in [0.5, 0.6) is 0 Å². The summed E-state index contributed by atoms with van der Waals surface area (Å²) < 4.78 is 0. The molecule has 1 aromatic carbocycles. The van der Waals surface area contributed by atoms with E-state index in [4.69, 9.17) is 5.11 Å². The number of likely N-dealkylation sites (N-methyl/N-ethyl adjacent to an activating group) is 1. The topological polar surface area (TPSA) is 77.9 Å². The van der Waals surface area contributed by atoms with Crippen molar-refractivity contribution >= 4 is 17.8 Å². The molecule has 0 aliphatic heterocycles. The van der Waals surface area contributed by atoms with E-state index in [0.717, 1.165) is 10.5 Å². The van der Waals surface area contributed by atoms with Gasteiger partial charge in [0.2, 0.25) is 5.91 Å². The van der Waals surface area contributed by atoms with Crippen LogP contribution in [0.3, 0.4) is 0 Å². The molecule has 0 saturated carbocycles. The number of hydrogen-bond acceptors (Lipinski definition) is 3. The van der Waals surface area contributed by atoms with Crippen LogP contribution in [-0.2, 0) is 16.1 Å². The van der Waals surface area contributed by atoms with E-state index < -0.39 is 5.97 Å². The summed E-state index contributed by atoms with van der Waals surface area (Å²) >= 11 is 0. The fourth-order valence-corrected chi connectivity index (χ4v) is 2.04. The van der Waals surface area contributed by atoms with Gasteiger partial charge >= 0.3 is 5.97 Å². The van der Waals surface area contributed by atoms with Gasteiger partial charge in [-0.3, -0.25) is 14.4 Å². The standard InChI is InChI=1S/C16H22N2O4/c1-11(2)15(21)17(3)9-12-5-7-13(8-6-12)16(22)18(4)10-14(19)20/h5-8,11H,9-10H2,1-4H3,(H,19,20). The maximum atomic E-state index is 12.0. The number of carbonyl (C=O) groups excluding carboxylic acids is 2. The van der Waals surface area contributed by atoms with E-state index in [0.29, 0.717) is 12.1 Å². The van der Waals surface area contributed by atoms with Gasteiger partial charge in [0, 0.05) is 32.1 Å². The highest BCUT2D eigenvalue weighted by Gasteiger charge is 2.15. The molecule has 0 aliphatic carbocycles. The molecule has 2 amide bonds. The highest BCUT2D eigenvalue weighted by atomic mass is 16.4. The first-order chi connectivity index (χ1) is 10.2. The number of rotatable bonds is 6. The van der Waals surface area contributed by atoms with Crippen LogP contribution in [0.15, 0.2) is 24.3 Å². The quantitative estimate of drug-likeness (QED) is 0.863. The molecule has 0 fully saturated rings. The first-order valence-corrected chi connectivity index (χ1v) is 7.03. The Labute approximate surface area is 130 Å². The average molecular weight is 306 g/mol. The molecule has 6 nitrogen and oxygen atoms in total. The van der Waals surface area contributed by atoms with Crippen molar-refractivity contribution in [3.8, 4) is 0 Å². The second-order valence-corrected chi connectivity index (χ2v) is 5.60. The van der Waals surface area contributed by atoms with E-state index in [9.17, 15) is 14.4 Å². The van der Waals surface area contributed by atoms with Crippen molar-refractivity contribution in [3.63, 3.8) is 0 Å². The smallest absolute Gasteiger partial charge is 0.323 e. The Morgan fingerprint density at radius 1 is 1.05 bits per heavy atom. The predicted molar refractivity (Wildman–Crippen MR) is 82.4 cm³/mol. The third-order valence-corrected chi connectivity index (χ3v) is 3.21. The number of benzene rings is 1. The molecule has 1 N–H and O–H groups in total. The van der Waals surface area contributed by atoms with Crippen molar-refractivity contribution in [2.75, 3.05) is 20.6 Å². The number of amides is 2. The summed E-state index contributed by atoms with van der Waals surface area (Å²) in [5, 5.41) is 8.69. The van der Waals surface area contributed by atoms with E-state index in [1.54, 1.807) is 36.2 Å². The zero-order valence-corrected chi connectivity index (χ0v) is 13.4. The van der Waals surface area contributed by atoms with E-state index in [2.05, 4.69) is 0 Å². The summed E-state index contributed by atoms with van der Waals surface area (Å²) in [7, 11) is 3.18. The zero-order chi connectivity index (χ0) is 16.9. The van der Waals surface area contributed by atoms with E-state index in [1.807, 2.05) is 13.8 Å². The van der Waals surface area contributed by atoms with E-state index >= 15 is 0 Å². The second kappa shape index (κ2) is 7.59. The summed E-state index contributed by atoms with van der Waals surface area (Å²) in [6.45, 7) is 3.82. The van der Waals surface area contributed by atoms with Crippen LogP contribution in [0.1, 0.15) is 29.8 Å². The summed E-state index contributed by atoms with van der Waals surface area (Å²) in [6, 6.07) is 6.82. The highest BCUT2D eigenvalue weighted by molar-refractivity contribution is 5.95. The van der Waals surface area contributed by atoms with Gasteiger partial charge in [0.1, 0.15) is 6.54 Å². The van der Waals surface area contributed by atoms with Gasteiger partial charge in [-0.1, -0.05) is 26.0 Å². The predicted octanol–water partition coefficient (Wildman–Crippen LogP) is 1.46. The normalized spacial score (nSPS) is 10.4. The Bertz CT molecular complexity index is 552. The molecule has 0 bridgehead atoms. The van der Waals surface area contributed by atoms with Gasteiger partial charge in [0.05, 0.1) is 0 Å². The molecule has 22 heavy (non-hydrogen) atoms. The Hall–Kier alpha value is -2.37. The maximum absolute atomic E-state index is 12.0. The van der Waals surface area contributed by atoms with Crippen LogP contribution >= 0.6 is 0 Å². The monoisotopic (exact) mass is 306 g/mol. The van der Waals surface area contributed by atoms with Gasteiger partial charge in [-0.15, -0.1) is 0 Å². The first-order valence-electron chi connectivity index (χ1n) is 7.03. The molecule has 0 heterocycles. The highest BCUT2D eigenvalue weighted by Crippen LogP contribution is 2.10. The minimum Gasteiger partial charge on any atom is -0.480 e. The number of carboxylic acids is 1. The van der Waals surface area contributed by atoms with Crippen LogP contribution in [0.4, 0.5) is 0 Å². The van der Waals surface area contributed by atoms with Crippen LogP contribution in [0.25, 0.3) is 0 Å². The van der Waals surface area contributed by atoms with Gasteiger partial charge in [0.25, 0.3) is 5.91 Å². The molecule has 0 unspecified atom stereocenters. The summed E-state index contributed by atoms with van der Waals surface area (Å²) in [5.74, 6) is -1.40. The number of aliphatic carboxylic acids is 1. The lowest BCUT2D eigenvalue weighted by Crippen LogP contribution is -2.32. The SMILES string of the molecule is CC(C)C(=O)N(C)Cc1ccc(C(=O)N(C)CC(=O)O)cc1. The van der Waals surface area contributed by atoms with Gasteiger partial charge < -0.3 is 14.9 Å². The number of nitrogens with zero attached hydrogens (tertiary/aromatic N) is 2. The zero-order valence-electron chi connectivity index (χ0n) is 13.4. The molecule has 0 aliphatic rings. The van der Waals surface area contributed by atoms with Crippen molar-refractivity contribution in [2.24, 2.45) is 5.92 Å². The van der Waals surface area contributed by atoms with Crippen molar-refractivity contribution < 1.29 is 19.5 Å². The van der Waals surface area contributed by atoms with Gasteiger partial charge in [-0.25, -0.2) is 0 Å². The Morgan fingerprint density at radius 2 is 1.59 bits per heavy atom. The summed E-state index contributed by atoms with van der Waals surface area (Å²) in [6.07, 6.45) is 0. The maximum Gasteiger partial charge on any atom is 0.323 e. The minimum atomic E-state index is -1.05. The lowest BCUT2D eigenvalue weighted by Gasteiger charge is -2.20. The lowest BCUT2D eigenvalue weighted by molar-refractivity contribution is -0.137. The van der Waals surface area contributed by atoms with Crippen molar-refractivity contribution in [2.45, 2.75) is 20.4 Å². The third kappa shape index (κ3) is 4.87. The van der Waals surface area contributed by atoms with Crippen molar-refractivity contribution in [1.82, 2.24) is 9.80 Å². The van der Waals surface area contributed by atoms with Gasteiger partial charge in [-0.2, -0.15) is 0 Å². The minimum absolute atomic E-state index is 0.0568. The van der Waals surface area contributed by atoms with Crippen LogP contribution in [0.2, 0.25) is 0 Å². The Kier molecular flexibility index (Phi) is 6.10. The molecule has 0 spiro atoms. The molecular formula is C16H22N2O4. The van der Waals surface area contributed by atoms with Crippen LogP contribution in [-0.4, -0.2) is 53.3 Å². The number of carbonyl (C=O) groups is 3. The molecule has 0 aromatic heterocycles. The number of carboxylic acid groups (broad SMARTS) is 1. The van der Waals surface area contributed by atoms with E-state index in [1.165, 1.54) is 7.05 Å². The largest absolute Gasteiger partial charge is 0.480 e. The van der Waals surface area contributed by atoms with Crippen LogP contribution < -0.4 is 0 Å². The molecule has 0 saturated heterocycles. The molecular weight excluding hydrogens is 284 g/mol. The molecule has 6 heteroatoms. The van der Waals surface area contributed by atoms with Gasteiger partial charge in [-0.05, 0) is 17.7 Å². The van der Waals surface area contributed by atoms with Crippen molar-refractivity contribution in [1.29, 1.82) is 0 Å². The number of hydrogen-bond donors (Lipinski definition) is 1. The Morgan fingerprint density at radius 3 is 2.05 bits per heavy atom. The third-order valence-electron chi connectivity index (χ3n) is 3.21. The first kappa shape index (κ1) is 17.7. The molecule has 0 atom stereocenters. The van der Waals surface area contributed by atoms with Crippen LogP contribution in [0, 0.1) is 5.92 Å². The second-order valence-electron chi connectivity index (χ2n) is 5.60. The lowest BCUT2D eigenvalue weighted by atomic mass is 10.1. The molecule has 120 valence electrons. The van der Waals surface area contributed by atoms with E-state index in [-0.39, 0.29) is 24.3 Å². The fraction of sp³-hybridized carbons (Fsp3) is 0.438. The average Bonchev–Trinajstić information content (AvgIpc) is 2.45. The van der Waals surface area contributed by atoms with Crippen molar-refractivity contribution in [3.05, 3.63) is 35.4 Å². The Balaban J connectivity index is 2.72. The molecule has 1 rings (SSSR count). The summed E-state index contributed by atoms with van der Waals surface area (Å²) in [5.41, 5.74) is 1.33. The molecule has 1 aromatic rings. The molecule has 0 radical (unpaired) electrons. The fourth-order valence-electron chi connectivity index (χ4n) is 2.04.